The van der Waals surface area contributed by atoms with E-state index in [0.29, 0.717) is 0 Å². The zero-order valence-electron chi connectivity index (χ0n) is 6.80. The Morgan fingerprint density at radius 1 is 1.54 bits per heavy atom. The van der Waals surface area contributed by atoms with Crippen molar-refractivity contribution in [2.24, 2.45) is 0 Å². The standard InChI is InChI=1S/C8H7F2NO2/c1-4-6(8(9)10)7(13)5(3-12)2-11-4/h2-3,8H,1H3,(H,11,13). The van der Waals surface area contributed by atoms with E-state index in [2.05, 4.69) is 4.98 Å². The molecule has 0 aromatic carbocycles. The molecular formula is C8H7F2NO2. The summed E-state index contributed by atoms with van der Waals surface area (Å²) in [6, 6.07) is 0. The molecule has 0 aliphatic carbocycles. The molecule has 0 aliphatic rings. The van der Waals surface area contributed by atoms with Gasteiger partial charge in [0.25, 0.3) is 6.43 Å². The molecular weight excluding hydrogens is 180 g/mol. The molecule has 0 unspecified atom stereocenters. The molecule has 0 atom stereocenters. The number of carbonyl (C=O) groups excluding carboxylic acids is 1. The van der Waals surface area contributed by atoms with Gasteiger partial charge in [0, 0.05) is 11.9 Å². The third kappa shape index (κ3) is 1.63. The molecule has 5 heteroatoms. The molecule has 13 heavy (non-hydrogen) atoms. The number of pyridine rings is 1. The van der Waals surface area contributed by atoms with E-state index < -0.39 is 17.4 Å². The van der Waals surface area contributed by atoms with Crippen LogP contribution in [0.15, 0.2) is 11.0 Å². The lowest BCUT2D eigenvalue weighted by atomic mass is 10.1. The first-order chi connectivity index (χ1) is 6.07. The van der Waals surface area contributed by atoms with Crippen LogP contribution in [0.5, 0.6) is 0 Å². The smallest absolute Gasteiger partial charge is 0.269 e. The van der Waals surface area contributed by atoms with Crippen molar-refractivity contribution in [3.05, 3.63) is 33.2 Å². The maximum Gasteiger partial charge on any atom is 0.269 e. The highest BCUT2D eigenvalue weighted by atomic mass is 19.3. The summed E-state index contributed by atoms with van der Waals surface area (Å²) < 4.78 is 24.5. The second-order valence-electron chi connectivity index (χ2n) is 2.53. The summed E-state index contributed by atoms with van der Waals surface area (Å²) in [5, 5.41) is 0. The Bertz CT molecular complexity index is 384. The fourth-order valence-corrected chi connectivity index (χ4v) is 1.01. The summed E-state index contributed by atoms with van der Waals surface area (Å²) in [5.41, 5.74) is -1.72. The first kappa shape index (κ1) is 9.57. The number of aldehydes is 1. The number of aromatic nitrogens is 1. The van der Waals surface area contributed by atoms with Gasteiger partial charge in [-0.25, -0.2) is 8.78 Å². The third-order valence-corrected chi connectivity index (χ3v) is 1.70. The average Bonchev–Trinajstić information content (AvgIpc) is 2.04. The summed E-state index contributed by atoms with van der Waals surface area (Å²) in [6.07, 6.45) is -1.48. The van der Waals surface area contributed by atoms with Crippen LogP contribution in [-0.4, -0.2) is 11.3 Å². The Labute approximate surface area is 72.4 Å². The number of nitrogens with one attached hydrogen (secondary N) is 1. The molecule has 1 aromatic heterocycles. The van der Waals surface area contributed by atoms with E-state index in [1.807, 2.05) is 0 Å². The number of rotatable bonds is 2. The number of aromatic amines is 1. The lowest BCUT2D eigenvalue weighted by Gasteiger charge is -2.03. The predicted octanol–water partition coefficient (Wildman–Crippen LogP) is 1.43. The van der Waals surface area contributed by atoms with Gasteiger partial charge in [-0.1, -0.05) is 0 Å². The summed E-state index contributed by atoms with van der Waals surface area (Å²) in [4.78, 5) is 23.8. The van der Waals surface area contributed by atoms with Gasteiger partial charge >= 0.3 is 0 Å². The van der Waals surface area contributed by atoms with Crippen molar-refractivity contribution in [3.63, 3.8) is 0 Å². The number of hydrogen-bond acceptors (Lipinski definition) is 2. The minimum atomic E-state index is -2.86. The van der Waals surface area contributed by atoms with E-state index in [1.54, 1.807) is 0 Å². The minimum Gasteiger partial charge on any atom is -0.364 e. The van der Waals surface area contributed by atoms with Gasteiger partial charge in [-0.15, -0.1) is 0 Å². The highest BCUT2D eigenvalue weighted by Gasteiger charge is 2.17. The van der Waals surface area contributed by atoms with Crippen molar-refractivity contribution < 1.29 is 13.6 Å². The van der Waals surface area contributed by atoms with Gasteiger partial charge in [0.15, 0.2) is 6.29 Å². The molecule has 0 spiro atoms. The maximum absolute atomic E-state index is 12.3. The van der Waals surface area contributed by atoms with Crippen molar-refractivity contribution in [2.45, 2.75) is 13.3 Å². The van der Waals surface area contributed by atoms with E-state index in [-0.39, 0.29) is 17.5 Å². The minimum absolute atomic E-state index is 0.0885. The lowest BCUT2D eigenvalue weighted by Crippen LogP contribution is -2.17. The van der Waals surface area contributed by atoms with Crippen LogP contribution in [-0.2, 0) is 0 Å². The fourth-order valence-electron chi connectivity index (χ4n) is 1.01. The predicted molar refractivity (Wildman–Crippen MR) is 42.1 cm³/mol. The van der Waals surface area contributed by atoms with Gasteiger partial charge in [0.2, 0.25) is 5.43 Å². The number of halogens is 2. The zero-order valence-corrected chi connectivity index (χ0v) is 6.80. The molecule has 3 nitrogen and oxygen atoms in total. The lowest BCUT2D eigenvalue weighted by molar-refractivity contribution is 0.112. The van der Waals surface area contributed by atoms with Crippen molar-refractivity contribution in [2.75, 3.05) is 0 Å². The molecule has 0 saturated heterocycles. The summed E-state index contributed by atoms with van der Waals surface area (Å²) in [7, 11) is 0. The topological polar surface area (TPSA) is 49.9 Å². The average molecular weight is 187 g/mol. The van der Waals surface area contributed by atoms with Gasteiger partial charge in [-0.3, -0.25) is 9.59 Å². The van der Waals surface area contributed by atoms with E-state index in [9.17, 15) is 18.4 Å². The third-order valence-electron chi connectivity index (χ3n) is 1.70. The molecule has 1 rings (SSSR count). The summed E-state index contributed by atoms with van der Waals surface area (Å²) in [6.45, 7) is 1.36. The number of aryl methyl sites for hydroxylation is 1. The number of carbonyl (C=O) groups is 1. The number of alkyl halides is 2. The second kappa shape index (κ2) is 3.47. The van der Waals surface area contributed by atoms with Crippen LogP contribution in [0.1, 0.15) is 28.0 Å². The van der Waals surface area contributed by atoms with Crippen LogP contribution < -0.4 is 5.43 Å². The van der Waals surface area contributed by atoms with E-state index >= 15 is 0 Å². The van der Waals surface area contributed by atoms with Gasteiger partial charge in [0.05, 0.1) is 11.1 Å². The molecule has 0 aliphatic heterocycles. The Kier molecular flexibility index (Phi) is 2.55. The normalized spacial score (nSPS) is 10.5. The Morgan fingerprint density at radius 3 is 2.62 bits per heavy atom. The quantitative estimate of drug-likeness (QED) is 0.712. The van der Waals surface area contributed by atoms with Gasteiger partial charge in [-0.05, 0) is 6.92 Å². The molecule has 1 N–H and O–H groups in total. The molecule has 0 fully saturated rings. The summed E-state index contributed by atoms with van der Waals surface area (Å²) >= 11 is 0. The van der Waals surface area contributed by atoms with Crippen LogP contribution in [0.2, 0.25) is 0 Å². The summed E-state index contributed by atoms with van der Waals surface area (Å²) in [5.74, 6) is 0. The SMILES string of the molecule is Cc1[nH]cc(C=O)c(=O)c1C(F)F. The van der Waals surface area contributed by atoms with E-state index in [1.165, 1.54) is 6.92 Å². The number of hydrogen-bond donors (Lipinski definition) is 1. The Hall–Kier alpha value is -1.52. The zero-order chi connectivity index (χ0) is 10.0. The van der Waals surface area contributed by atoms with Crippen molar-refractivity contribution in [3.8, 4) is 0 Å². The monoisotopic (exact) mass is 187 g/mol. The highest BCUT2D eigenvalue weighted by Crippen LogP contribution is 2.17. The Morgan fingerprint density at radius 2 is 2.15 bits per heavy atom. The van der Waals surface area contributed by atoms with Gasteiger partial charge in [-0.2, -0.15) is 0 Å². The highest BCUT2D eigenvalue weighted by molar-refractivity contribution is 5.74. The second-order valence-corrected chi connectivity index (χ2v) is 2.53. The van der Waals surface area contributed by atoms with E-state index in [4.69, 9.17) is 0 Å². The van der Waals surface area contributed by atoms with E-state index in [0.717, 1.165) is 6.20 Å². The van der Waals surface area contributed by atoms with Crippen LogP contribution in [0, 0.1) is 6.92 Å². The number of H-pyrrole nitrogens is 1. The van der Waals surface area contributed by atoms with Gasteiger partial charge < -0.3 is 4.98 Å². The van der Waals surface area contributed by atoms with Crippen molar-refractivity contribution >= 4 is 6.29 Å². The first-order valence-electron chi connectivity index (χ1n) is 3.53. The van der Waals surface area contributed by atoms with Gasteiger partial charge in [0.1, 0.15) is 0 Å². The molecule has 0 saturated carbocycles. The van der Waals surface area contributed by atoms with Crippen molar-refractivity contribution in [1.82, 2.24) is 4.98 Å². The molecule has 0 bridgehead atoms. The fraction of sp³-hybridized carbons (Fsp3) is 0.250. The first-order valence-corrected chi connectivity index (χ1v) is 3.53. The molecule has 70 valence electrons. The molecule has 0 amide bonds. The Balaban J connectivity index is 3.48. The largest absolute Gasteiger partial charge is 0.364 e. The van der Waals surface area contributed by atoms with Crippen LogP contribution in [0.4, 0.5) is 8.78 Å². The molecule has 1 heterocycles. The maximum atomic E-state index is 12.3. The van der Waals surface area contributed by atoms with Crippen LogP contribution in [0.3, 0.4) is 0 Å². The molecule has 0 radical (unpaired) electrons. The van der Waals surface area contributed by atoms with Crippen molar-refractivity contribution in [1.29, 1.82) is 0 Å². The van der Waals surface area contributed by atoms with Crippen LogP contribution >= 0.6 is 0 Å². The molecule has 1 aromatic rings. The van der Waals surface area contributed by atoms with Crippen LogP contribution in [0.25, 0.3) is 0 Å².